The summed E-state index contributed by atoms with van der Waals surface area (Å²) in [6.07, 6.45) is 4.44. The van der Waals surface area contributed by atoms with E-state index in [-0.39, 0.29) is 6.61 Å². The molecule has 0 fully saturated rings. The van der Waals surface area contributed by atoms with Crippen molar-refractivity contribution in [1.29, 1.82) is 5.41 Å². The predicted octanol–water partition coefficient (Wildman–Crippen LogP) is 1.01. The molecule has 0 aliphatic carbocycles. The van der Waals surface area contributed by atoms with Crippen LogP contribution in [0.4, 0.5) is 4.39 Å². The summed E-state index contributed by atoms with van der Waals surface area (Å²) in [6.45, 7) is -0.167. The third-order valence-corrected chi connectivity index (χ3v) is 2.77. The first-order valence-electron chi connectivity index (χ1n) is 6.95. The Bertz CT molecular complexity index is 653. The number of aromatic amines is 1. The van der Waals surface area contributed by atoms with Gasteiger partial charge in [-0.1, -0.05) is 0 Å². The lowest BCUT2D eigenvalue weighted by molar-refractivity contribution is 0.264. The normalized spacial score (nSPS) is 11.1. The number of alkyl halides is 1. The molecule has 0 radical (unpaired) electrons. The number of nitrogens with zero attached hydrogens (tertiary/aromatic N) is 3. The average Bonchev–Trinajstić information content (AvgIpc) is 3.06. The highest BCUT2D eigenvalue weighted by atomic mass is 19.1. The fourth-order valence-corrected chi connectivity index (χ4v) is 1.73. The summed E-state index contributed by atoms with van der Waals surface area (Å²) in [4.78, 5) is 8.41. The molecule has 2 aromatic rings. The lowest BCUT2D eigenvalue weighted by Gasteiger charge is -2.03. The number of H-pyrrole nitrogens is 1. The molecule has 8 nitrogen and oxygen atoms in total. The van der Waals surface area contributed by atoms with Crippen LogP contribution < -0.4 is 15.4 Å². The Kier molecular flexibility index (Phi) is 6.04. The minimum absolute atomic E-state index is 0.0156. The van der Waals surface area contributed by atoms with Gasteiger partial charge in [0.2, 0.25) is 5.88 Å². The molecule has 9 heteroatoms. The SMILES string of the molecule is CN/C=C(\C=N)NCc1nc(-c2ccc(OCCF)nc2)n[nH]1. The van der Waals surface area contributed by atoms with Crippen molar-refractivity contribution in [1.82, 2.24) is 30.8 Å². The minimum Gasteiger partial charge on any atom is -0.475 e. The van der Waals surface area contributed by atoms with E-state index in [4.69, 9.17) is 10.1 Å². The fourth-order valence-electron chi connectivity index (χ4n) is 1.73. The Labute approximate surface area is 132 Å². The van der Waals surface area contributed by atoms with Gasteiger partial charge in [-0.25, -0.2) is 14.4 Å². The predicted molar refractivity (Wildman–Crippen MR) is 83.8 cm³/mol. The van der Waals surface area contributed by atoms with Crippen LogP contribution in [0.3, 0.4) is 0 Å². The lowest BCUT2D eigenvalue weighted by atomic mass is 10.3. The molecule has 4 N–H and O–H groups in total. The molecule has 0 bridgehead atoms. The van der Waals surface area contributed by atoms with Gasteiger partial charge in [0.25, 0.3) is 0 Å². The van der Waals surface area contributed by atoms with E-state index in [0.717, 1.165) is 5.56 Å². The van der Waals surface area contributed by atoms with Crippen LogP contribution >= 0.6 is 0 Å². The van der Waals surface area contributed by atoms with Gasteiger partial charge in [-0.3, -0.25) is 5.10 Å². The van der Waals surface area contributed by atoms with Gasteiger partial charge in [-0.05, 0) is 6.07 Å². The summed E-state index contributed by atoms with van der Waals surface area (Å²) in [5.74, 6) is 1.48. The molecule has 0 aliphatic rings. The van der Waals surface area contributed by atoms with Crippen LogP contribution in [0.1, 0.15) is 5.82 Å². The summed E-state index contributed by atoms with van der Waals surface area (Å²) in [7, 11) is 1.76. The van der Waals surface area contributed by atoms with Crippen LogP contribution in [0.25, 0.3) is 11.4 Å². The van der Waals surface area contributed by atoms with Crippen LogP contribution in [0, 0.1) is 5.41 Å². The zero-order chi connectivity index (χ0) is 16.5. The van der Waals surface area contributed by atoms with Crippen LogP contribution in [-0.4, -0.2) is 46.7 Å². The Morgan fingerprint density at radius 3 is 3.00 bits per heavy atom. The van der Waals surface area contributed by atoms with Crippen molar-refractivity contribution >= 4 is 6.21 Å². The molecule has 0 aromatic carbocycles. The number of hydrogen-bond donors (Lipinski definition) is 4. The van der Waals surface area contributed by atoms with Crippen LogP contribution in [0.5, 0.6) is 5.88 Å². The number of halogens is 1. The zero-order valence-corrected chi connectivity index (χ0v) is 12.6. The molecule has 0 saturated carbocycles. The Morgan fingerprint density at radius 2 is 2.35 bits per heavy atom. The molecular weight excluding hydrogens is 301 g/mol. The molecule has 0 aliphatic heterocycles. The fraction of sp³-hybridized carbons (Fsp3) is 0.286. The average molecular weight is 319 g/mol. The minimum atomic E-state index is -0.555. The number of aromatic nitrogens is 4. The van der Waals surface area contributed by atoms with Crippen molar-refractivity contribution in [2.24, 2.45) is 0 Å². The van der Waals surface area contributed by atoms with Gasteiger partial charge in [0.1, 0.15) is 19.1 Å². The maximum Gasteiger partial charge on any atom is 0.213 e. The van der Waals surface area contributed by atoms with Gasteiger partial charge in [0.15, 0.2) is 5.82 Å². The first-order chi connectivity index (χ1) is 11.3. The third-order valence-electron chi connectivity index (χ3n) is 2.77. The van der Waals surface area contributed by atoms with Gasteiger partial charge < -0.3 is 20.8 Å². The quantitative estimate of drug-likeness (QED) is 0.513. The van der Waals surface area contributed by atoms with E-state index in [1.165, 1.54) is 6.21 Å². The number of nitrogens with one attached hydrogen (secondary N) is 4. The molecule has 2 heterocycles. The molecule has 0 atom stereocenters. The smallest absolute Gasteiger partial charge is 0.213 e. The maximum absolute atomic E-state index is 12.0. The van der Waals surface area contributed by atoms with Crippen molar-refractivity contribution < 1.29 is 9.13 Å². The summed E-state index contributed by atoms with van der Waals surface area (Å²) < 4.78 is 17.1. The highest BCUT2D eigenvalue weighted by molar-refractivity contribution is 5.74. The third kappa shape index (κ3) is 4.77. The summed E-state index contributed by atoms with van der Waals surface area (Å²) in [5, 5.41) is 20.1. The van der Waals surface area contributed by atoms with E-state index in [1.807, 2.05) is 0 Å². The van der Waals surface area contributed by atoms with E-state index in [2.05, 4.69) is 30.8 Å². The Balaban J connectivity index is 1.98. The standard InChI is InChI=1S/C14H18FN7O/c1-17-8-11(6-16)18-9-12-20-14(22-21-12)10-2-3-13(19-7-10)23-5-4-15/h2-3,6-8,16-18H,4-5,9H2,1H3,(H,20,21,22)/b11-8+,16-6?. The second kappa shape index (κ2) is 8.47. The van der Waals surface area contributed by atoms with E-state index < -0.39 is 6.67 Å². The van der Waals surface area contributed by atoms with Crippen LogP contribution in [-0.2, 0) is 6.54 Å². The maximum atomic E-state index is 12.0. The van der Waals surface area contributed by atoms with Gasteiger partial charge in [0.05, 0.1) is 12.2 Å². The number of pyridine rings is 1. The molecular formula is C14H18FN7O. The molecule has 0 saturated heterocycles. The monoisotopic (exact) mass is 319 g/mol. The molecule has 0 spiro atoms. The van der Waals surface area contributed by atoms with Crippen molar-refractivity contribution in [3.05, 3.63) is 36.1 Å². The largest absolute Gasteiger partial charge is 0.475 e. The molecule has 0 unspecified atom stereocenters. The number of hydrogen-bond acceptors (Lipinski definition) is 7. The second-order valence-corrected chi connectivity index (χ2v) is 4.41. The van der Waals surface area contributed by atoms with Crippen LogP contribution in [0.2, 0.25) is 0 Å². The van der Waals surface area contributed by atoms with E-state index >= 15 is 0 Å². The lowest BCUT2D eigenvalue weighted by Crippen LogP contribution is -2.16. The van der Waals surface area contributed by atoms with Gasteiger partial charge in [-0.2, -0.15) is 5.10 Å². The van der Waals surface area contributed by atoms with E-state index in [9.17, 15) is 4.39 Å². The zero-order valence-electron chi connectivity index (χ0n) is 12.6. The first kappa shape index (κ1) is 16.4. The van der Waals surface area contributed by atoms with E-state index in [1.54, 1.807) is 31.6 Å². The molecule has 0 amide bonds. The van der Waals surface area contributed by atoms with Crippen molar-refractivity contribution in [2.45, 2.75) is 6.54 Å². The first-order valence-corrected chi connectivity index (χ1v) is 6.95. The van der Waals surface area contributed by atoms with Crippen LogP contribution in [0.15, 0.2) is 30.2 Å². The Hall–Kier alpha value is -2.97. The molecule has 122 valence electrons. The second-order valence-electron chi connectivity index (χ2n) is 4.41. The van der Waals surface area contributed by atoms with Crippen molar-refractivity contribution in [3.63, 3.8) is 0 Å². The Morgan fingerprint density at radius 1 is 1.48 bits per heavy atom. The highest BCUT2D eigenvalue weighted by Crippen LogP contribution is 2.16. The highest BCUT2D eigenvalue weighted by Gasteiger charge is 2.07. The topological polar surface area (TPSA) is 112 Å². The van der Waals surface area contributed by atoms with Gasteiger partial charge in [-0.15, -0.1) is 0 Å². The van der Waals surface area contributed by atoms with Crippen molar-refractivity contribution in [3.8, 4) is 17.3 Å². The summed E-state index contributed by atoms with van der Waals surface area (Å²) in [6, 6.07) is 3.40. The number of rotatable bonds is 9. The molecule has 2 rings (SSSR count). The van der Waals surface area contributed by atoms with Gasteiger partial charge >= 0.3 is 0 Å². The van der Waals surface area contributed by atoms with Gasteiger partial charge in [0, 0.05) is 37.3 Å². The summed E-state index contributed by atoms with van der Waals surface area (Å²) >= 11 is 0. The molecule has 2 aromatic heterocycles. The molecule has 23 heavy (non-hydrogen) atoms. The van der Waals surface area contributed by atoms with Crippen molar-refractivity contribution in [2.75, 3.05) is 20.3 Å². The number of allylic oxidation sites excluding steroid dienone is 1. The number of ether oxygens (including phenoxy) is 1. The van der Waals surface area contributed by atoms with E-state index in [0.29, 0.717) is 29.8 Å². The summed E-state index contributed by atoms with van der Waals surface area (Å²) in [5.41, 5.74) is 1.35.